The molecule has 0 spiro atoms. The fourth-order valence-electron chi connectivity index (χ4n) is 4.75. The molecule has 4 aromatic rings. The van der Waals surface area contributed by atoms with Crippen LogP contribution in [0.15, 0.2) is 61.5 Å². The number of rotatable bonds is 8. The lowest BCUT2D eigenvalue weighted by atomic mass is 10.1. The second-order valence-electron chi connectivity index (χ2n) is 9.99. The van der Waals surface area contributed by atoms with Crippen LogP contribution < -0.4 is 17.0 Å². The van der Waals surface area contributed by atoms with Crippen LogP contribution in [0, 0.1) is 19.3 Å². The van der Waals surface area contributed by atoms with Crippen LogP contribution in [-0.2, 0) is 29.0 Å². The fourth-order valence-corrected chi connectivity index (χ4v) is 4.75. The molecule has 0 amide bonds. The number of H-pyrrole nitrogens is 1. The van der Waals surface area contributed by atoms with Gasteiger partial charge in [-0.2, -0.15) is 0 Å². The largest absolute Gasteiger partial charge is 0.466 e. The molecule has 2 aromatic carbocycles. The molecule has 1 fully saturated rings. The van der Waals surface area contributed by atoms with Gasteiger partial charge in [-0.1, -0.05) is 36.8 Å². The molecular formula is C29H32N4O5. The van der Waals surface area contributed by atoms with Gasteiger partial charge in [0.15, 0.2) is 0 Å². The fraction of sp³-hybridized carbons (Fsp3) is 0.379. The summed E-state index contributed by atoms with van der Waals surface area (Å²) in [5.41, 5.74) is 2.53. The molecule has 38 heavy (non-hydrogen) atoms. The molecule has 198 valence electrons. The number of carbonyl (C=O) groups excluding carboxylic acids is 1. The Kier molecular flexibility index (Phi) is 6.69. The van der Waals surface area contributed by atoms with E-state index in [0.29, 0.717) is 18.5 Å². The van der Waals surface area contributed by atoms with E-state index in [2.05, 4.69) is 9.98 Å². The van der Waals surface area contributed by atoms with Crippen molar-refractivity contribution in [2.75, 3.05) is 6.61 Å². The lowest BCUT2D eigenvalue weighted by Crippen LogP contribution is -2.51. The van der Waals surface area contributed by atoms with E-state index in [9.17, 15) is 14.4 Å². The van der Waals surface area contributed by atoms with Gasteiger partial charge in [-0.25, -0.2) is 19.1 Å². The molecule has 0 saturated heterocycles. The van der Waals surface area contributed by atoms with Gasteiger partial charge in [0.05, 0.1) is 24.3 Å². The molecule has 2 heterocycles. The first-order valence-corrected chi connectivity index (χ1v) is 13.0. The number of aromatic amines is 1. The molecule has 2 aromatic heterocycles. The number of aromatic nitrogens is 3. The standard InChI is InChI=1S/C29H32N4O5/c1-5-23-19(4)22-15-21(11-12-24(22)38-23)30-26-31-27(35)33(17-29(13-14-29)25(34)37-6-2)28(36)32(26)16-20-9-7-18(3)8-10-20/h7-12,15H,5-6,13-14,16-17H2,1-4H3,(H,30,31,35). The number of aryl methyl sites for hydroxylation is 3. The summed E-state index contributed by atoms with van der Waals surface area (Å²) in [6.45, 7) is 8.20. The zero-order valence-electron chi connectivity index (χ0n) is 22.2. The Morgan fingerprint density at radius 3 is 2.47 bits per heavy atom. The Balaban J connectivity index is 1.64. The predicted molar refractivity (Wildman–Crippen MR) is 143 cm³/mol. The molecule has 0 aliphatic heterocycles. The second kappa shape index (κ2) is 9.96. The molecule has 0 unspecified atom stereocenters. The average Bonchev–Trinajstić information content (AvgIpc) is 3.63. The maximum absolute atomic E-state index is 13.7. The van der Waals surface area contributed by atoms with Crippen molar-refractivity contribution in [1.82, 2.24) is 14.1 Å². The van der Waals surface area contributed by atoms with Crippen LogP contribution in [0.3, 0.4) is 0 Å². The number of furan rings is 1. The zero-order chi connectivity index (χ0) is 27.0. The summed E-state index contributed by atoms with van der Waals surface area (Å²) in [6.07, 6.45) is 1.93. The highest BCUT2D eigenvalue weighted by Crippen LogP contribution is 2.47. The van der Waals surface area contributed by atoms with E-state index >= 15 is 0 Å². The van der Waals surface area contributed by atoms with Crippen LogP contribution in [0.1, 0.15) is 49.1 Å². The summed E-state index contributed by atoms with van der Waals surface area (Å²) in [5, 5.41) is 0.939. The minimum atomic E-state index is -0.839. The van der Waals surface area contributed by atoms with Crippen LogP contribution in [0.25, 0.3) is 11.0 Å². The van der Waals surface area contributed by atoms with E-state index in [1.165, 1.54) is 4.57 Å². The maximum Gasteiger partial charge on any atom is 0.335 e. The summed E-state index contributed by atoms with van der Waals surface area (Å²) >= 11 is 0. The summed E-state index contributed by atoms with van der Waals surface area (Å²) in [5.74, 6) is 0.540. The SMILES string of the molecule is CCOC(=O)C1(Cn2c(=O)[nH]/c(=N\c3ccc4oc(CC)c(C)c4c3)n(Cc3ccc(C)cc3)c2=O)CC1. The van der Waals surface area contributed by atoms with E-state index in [-0.39, 0.29) is 31.3 Å². The van der Waals surface area contributed by atoms with Crippen molar-refractivity contribution >= 4 is 22.6 Å². The third-order valence-corrected chi connectivity index (χ3v) is 7.24. The number of carbonyl (C=O) groups is 1. The molecule has 5 rings (SSSR count). The number of nitrogens with zero attached hydrogens (tertiary/aromatic N) is 3. The van der Waals surface area contributed by atoms with Crippen molar-refractivity contribution in [3.8, 4) is 0 Å². The highest BCUT2D eigenvalue weighted by Gasteiger charge is 2.52. The van der Waals surface area contributed by atoms with E-state index in [4.69, 9.17) is 9.15 Å². The molecule has 0 radical (unpaired) electrons. The van der Waals surface area contributed by atoms with Crippen molar-refractivity contribution in [2.45, 2.75) is 60.0 Å². The van der Waals surface area contributed by atoms with E-state index in [0.717, 1.165) is 44.4 Å². The Morgan fingerprint density at radius 2 is 1.82 bits per heavy atom. The molecule has 1 aliphatic carbocycles. The Labute approximate surface area is 219 Å². The van der Waals surface area contributed by atoms with Crippen molar-refractivity contribution in [3.63, 3.8) is 0 Å². The lowest BCUT2D eigenvalue weighted by Gasteiger charge is -2.16. The van der Waals surface area contributed by atoms with Crippen molar-refractivity contribution in [2.24, 2.45) is 10.4 Å². The highest BCUT2D eigenvalue weighted by atomic mass is 16.5. The van der Waals surface area contributed by atoms with Crippen LogP contribution in [0.5, 0.6) is 0 Å². The quantitative estimate of drug-likeness (QED) is 0.357. The first kappa shape index (κ1) is 25.5. The molecular weight excluding hydrogens is 484 g/mol. The van der Waals surface area contributed by atoms with Gasteiger partial charge >= 0.3 is 17.3 Å². The number of hydrogen-bond acceptors (Lipinski definition) is 6. The van der Waals surface area contributed by atoms with Gasteiger partial charge in [-0.3, -0.25) is 14.3 Å². The number of esters is 1. The lowest BCUT2D eigenvalue weighted by molar-refractivity contribution is -0.150. The zero-order valence-corrected chi connectivity index (χ0v) is 22.2. The van der Waals surface area contributed by atoms with Crippen LogP contribution >= 0.6 is 0 Å². The number of benzene rings is 2. The predicted octanol–water partition coefficient (Wildman–Crippen LogP) is 3.89. The minimum absolute atomic E-state index is 0.0336. The minimum Gasteiger partial charge on any atom is -0.466 e. The van der Waals surface area contributed by atoms with Gasteiger partial charge in [0.25, 0.3) is 0 Å². The summed E-state index contributed by atoms with van der Waals surface area (Å²) in [4.78, 5) is 46.9. The number of ether oxygens (including phenoxy) is 1. The monoisotopic (exact) mass is 516 g/mol. The molecule has 1 saturated carbocycles. The maximum atomic E-state index is 13.7. The van der Waals surface area contributed by atoms with Crippen molar-refractivity contribution < 1.29 is 13.9 Å². The van der Waals surface area contributed by atoms with Gasteiger partial charge in [-0.15, -0.1) is 0 Å². The van der Waals surface area contributed by atoms with E-state index in [1.54, 1.807) is 13.0 Å². The summed E-state index contributed by atoms with van der Waals surface area (Å²) in [6, 6.07) is 13.4. The van der Waals surface area contributed by atoms with Crippen molar-refractivity contribution in [1.29, 1.82) is 0 Å². The molecule has 0 bridgehead atoms. The smallest absolute Gasteiger partial charge is 0.335 e. The Morgan fingerprint density at radius 1 is 1.08 bits per heavy atom. The van der Waals surface area contributed by atoms with E-state index < -0.39 is 16.8 Å². The molecule has 1 aliphatic rings. The third kappa shape index (κ3) is 4.76. The number of hydrogen-bond donors (Lipinski definition) is 1. The topological polar surface area (TPSA) is 112 Å². The normalized spacial score (nSPS) is 14.7. The Hall–Kier alpha value is -4.14. The first-order valence-electron chi connectivity index (χ1n) is 13.0. The van der Waals surface area contributed by atoms with Gasteiger partial charge in [0.2, 0.25) is 5.62 Å². The third-order valence-electron chi connectivity index (χ3n) is 7.24. The van der Waals surface area contributed by atoms with Crippen LogP contribution in [-0.4, -0.2) is 26.7 Å². The average molecular weight is 517 g/mol. The molecule has 9 heteroatoms. The summed E-state index contributed by atoms with van der Waals surface area (Å²) < 4.78 is 13.7. The van der Waals surface area contributed by atoms with Crippen LogP contribution in [0.2, 0.25) is 0 Å². The number of nitrogens with one attached hydrogen (secondary N) is 1. The highest BCUT2D eigenvalue weighted by molar-refractivity contribution is 5.84. The summed E-state index contributed by atoms with van der Waals surface area (Å²) in [7, 11) is 0. The first-order chi connectivity index (χ1) is 18.2. The van der Waals surface area contributed by atoms with Gasteiger partial charge in [0.1, 0.15) is 11.3 Å². The molecule has 9 nitrogen and oxygen atoms in total. The van der Waals surface area contributed by atoms with Gasteiger partial charge in [0, 0.05) is 18.4 Å². The van der Waals surface area contributed by atoms with Gasteiger partial charge in [-0.05, 0) is 62.9 Å². The molecule has 1 N–H and O–H groups in total. The van der Waals surface area contributed by atoms with Gasteiger partial charge < -0.3 is 9.15 Å². The number of fused-ring (bicyclic) bond motifs is 1. The molecule has 0 atom stereocenters. The van der Waals surface area contributed by atoms with E-state index in [1.807, 2.05) is 57.2 Å². The van der Waals surface area contributed by atoms with Crippen molar-refractivity contribution in [3.05, 3.63) is 91.5 Å². The second-order valence-corrected chi connectivity index (χ2v) is 9.99. The Bertz CT molecular complexity index is 1700. The van der Waals surface area contributed by atoms with Crippen LogP contribution in [0.4, 0.5) is 5.69 Å².